The molecule has 2 rings (SSSR count). The molecule has 0 spiro atoms. The molecule has 0 radical (unpaired) electrons. The number of fused-ring (bicyclic) bond motifs is 1. The molecule has 0 aliphatic heterocycles. The van der Waals surface area contributed by atoms with Crippen molar-refractivity contribution in [2.24, 2.45) is 0 Å². The lowest BCUT2D eigenvalue weighted by atomic mass is 10.2. The Labute approximate surface area is 123 Å². The van der Waals surface area contributed by atoms with Gasteiger partial charge in [-0.25, -0.2) is 0 Å². The highest BCUT2D eigenvalue weighted by Gasteiger charge is 2.13. The first kappa shape index (κ1) is 15.0. The van der Waals surface area contributed by atoms with Crippen molar-refractivity contribution in [3.63, 3.8) is 0 Å². The molecule has 1 aromatic heterocycles. The van der Waals surface area contributed by atoms with Gasteiger partial charge in [-0.05, 0) is 19.4 Å². The van der Waals surface area contributed by atoms with Gasteiger partial charge in [0, 0.05) is 24.4 Å². The zero-order valence-electron chi connectivity index (χ0n) is 12.3. The fourth-order valence-corrected chi connectivity index (χ4v) is 1.96. The molecule has 3 N–H and O–H groups in total. The number of hydrogen-bond donors (Lipinski definition) is 3. The monoisotopic (exact) mass is 288 g/mol. The number of H-pyrrole nitrogens is 1. The van der Waals surface area contributed by atoms with Gasteiger partial charge in [-0.3, -0.25) is 14.7 Å². The Hall–Kier alpha value is -2.37. The van der Waals surface area contributed by atoms with Crippen molar-refractivity contribution in [2.75, 3.05) is 6.54 Å². The Morgan fingerprint density at radius 2 is 2.10 bits per heavy atom. The van der Waals surface area contributed by atoms with Gasteiger partial charge in [-0.1, -0.05) is 25.1 Å². The number of nitrogens with one attached hydrogen (secondary N) is 3. The molecule has 21 heavy (non-hydrogen) atoms. The van der Waals surface area contributed by atoms with Crippen molar-refractivity contribution in [1.29, 1.82) is 0 Å². The molecular weight excluding hydrogens is 268 g/mol. The lowest BCUT2D eigenvalue weighted by molar-refractivity contribution is -0.121. The van der Waals surface area contributed by atoms with Crippen LogP contribution in [0.3, 0.4) is 0 Å². The van der Waals surface area contributed by atoms with Crippen LogP contribution >= 0.6 is 0 Å². The topological polar surface area (TPSA) is 86.9 Å². The van der Waals surface area contributed by atoms with Crippen molar-refractivity contribution in [3.05, 3.63) is 30.0 Å². The second-order valence-corrected chi connectivity index (χ2v) is 5.00. The molecule has 2 aromatic rings. The minimum absolute atomic E-state index is 0.0588. The molecule has 0 aliphatic rings. The van der Waals surface area contributed by atoms with E-state index in [1.54, 1.807) is 0 Å². The van der Waals surface area contributed by atoms with Gasteiger partial charge >= 0.3 is 0 Å². The van der Waals surface area contributed by atoms with E-state index in [4.69, 9.17) is 0 Å². The molecule has 0 bridgehead atoms. The summed E-state index contributed by atoms with van der Waals surface area (Å²) in [6.45, 7) is 4.25. The maximum Gasteiger partial charge on any atom is 0.272 e. The number of para-hydroxylation sites is 1. The SMILES string of the molecule is CC[C@@H](C)NC(=O)CCNC(=O)c1n[nH]c2ccccc12. The number of benzene rings is 1. The molecule has 0 aliphatic carbocycles. The number of nitrogens with zero attached hydrogens (tertiary/aromatic N) is 1. The second-order valence-electron chi connectivity index (χ2n) is 5.00. The number of amides is 2. The molecule has 6 nitrogen and oxygen atoms in total. The summed E-state index contributed by atoms with van der Waals surface area (Å²) in [6, 6.07) is 7.58. The summed E-state index contributed by atoms with van der Waals surface area (Å²) in [5.41, 5.74) is 1.17. The Bertz CT molecular complexity index is 635. The van der Waals surface area contributed by atoms with E-state index in [9.17, 15) is 9.59 Å². The van der Waals surface area contributed by atoms with Gasteiger partial charge in [0.15, 0.2) is 5.69 Å². The predicted octanol–water partition coefficient (Wildman–Crippen LogP) is 1.60. The van der Waals surface area contributed by atoms with Crippen LogP contribution in [0.25, 0.3) is 10.9 Å². The summed E-state index contributed by atoms with van der Waals surface area (Å²) >= 11 is 0. The Kier molecular flexibility index (Phi) is 4.92. The molecule has 2 amide bonds. The van der Waals surface area contributed by atoms with E-state index in [1.165, 1.54) is 0 Å². The summed E-state index contributed by atoms with van der Waals surface area (Å²) in [5.74, 6) is -0.333. The predicted molar refractivity (Wildman–Crippen MR) is 80.9 cm³/mol. The largest absolute Gasteiger partial charge is 0.354 e. The maximum absolute atomic E-state index is 12.1. The average molecular weight is 288 g/mol. The van der Waals surface area contributed by atoms with Gasteiger partial charge in [-0.15, -0.1) is 0 Å². The molecule has 0 saturated carbocycles. The van der Waals surface area contributed by atoms with Crippen LogP contribution in [0.4, 0.5) is 0 Å². The highest BCUT2D eigenvalue weighted by molar-refractivity contribution is 6.04. The van der Waals surface area contributed by atoms with E-state index in [0.29, 0.717) is 12.2 Å². The summed E-state index contributed by atoms with van der Waals surface area (Å²) in [5, 5.41) is 13.2. The molecule has 0 unspecified atom stereocenters. The number of carbonyl (C=O) groups is 2. The third kappa shape index (κ3) is 3.81. The standard InChI is InChI=1S/C15H20N4O2/c1-3-10(2)17-13(20)8-9-16-15(21)14-11-6-4-5-7-12(11)18-19-14/h4-7,10H,3,8-9H2,1-2H3,(H,16,21)(H,17,20)(H,18,19)/t10-/m1/s1. The molecular formula is C15H20N4O2. The van der Waals surface area contributed by atoms with E-state index in [-0.39, 0.29) is 24.3 Å². The third-order valence-corrected chi connectivity index (χ3v) is 3.34. The van der Waals surface area contributed by atoms with Crippen LogP contribution in [0.15, 0.2) is 24.3 Å². The first-order chi connectivity index (χ1) is 10.1. The molecule has 1 heterocycles. The van der Waals surface area contributed by atoms with E-state index in [2.05, 4.69) is 20.8 Å². The number of rotatable bonds is 6. The van der Waals surface area contributed by atoms with Gasteiger partial charge in [0.05, 0.1) is 5.52 Å². The van der Waals surface area contributed by atoms with Crippen LogP contribution in [0.5, 0.6) is 0 Å². The van der Waals surface area contributed by atoms with Crippen molar-refractivity contribution in [2.45, 2.75) is 32.7 Å². The van der Waals surface area contributed by atoms with Gasteiger partial charge in [0.2, 0.25) is 5.91 Å². The summed E-state index contributed by atoms with van der Waals surface area (Å²) in [6.07, 6.45) is 1.15. The van der Waals surface area contributed by atoms with Gasteiger partial charge in [0.25, 0.3) is 5.91 Å². The van der Waals surface area contributed by atoms with Gasteiger partial charge in [0.1, 0.15) is 0 Å². The van der Waals surface area contributed by atoms with Crippen LogP contribution in [0, 0.1) is 0 Å². The number of aromatic nitrogens is 2. The highest BCUT2D eigenvalue weighted by atomic mass is 16.2. The smallest absolute Gasteiger partial charge is 0.272 e. The third-order valence-electron chi connectivity index (χ3n) is 3.34. The van der Waals surface area contributed by atoms with Crippen molar-refractivity contribution in [3.8, 4) is 0 Å². The molecule has 1 aromatic carbocycles. The summed E-state index contributed by atoms with van der Waals surface area (Å²) in [7, 11) is 0. The molecule has 1 atom stereocenters. The van der Waals surface area contributed by atoms with E-state index in [0.717, 1.165) is 17.3 Å². The zero-order valence-corrected chi connectivity index (χ0v) is 12.3. The summed E-state index contributed by atoms with van der Waals surface area (Å²) < 4.78 is 0. The molecule has 0 fully saturated rings. The first-order valence-corrected chi connectivity index (χ1v) is 7.12. The molecule has 112 valence electrons. The van der Waals surface area contributed by atoms with Crippen molar-refractivity contribution < 1.29 is 9.59 Å². The maximum atomic E-state index is 12.1. The Morgan fingerprint density at radius 3 is 2.86 bits per heavy atom. The van der Waals surface area contributed by atoms with Crippen LogP contribution in [0.2, 0.25) is 0 Å². The fourth-order valence-electron chi connectivity index (χ4n) is 1.96. The lowest BCUT2D eigenvalue weighted by Gasteiger charge is -2.11. The zero-order chi connectivity index (χ0) is 15.2. The van der Waals surface area contributed by atoms with Crippen LogP contribution < -0.4 is 10.6 Å². The van der Waals surface area contributed by atoms with Crippen LogP contribution in [0.1, 0.15) is 37.2 Å². The molecule has 0 saturated heterocycles. The van der Waals surface area contributed by atoms with Crippen molar-refractivity contribution in [1.82, 2.24) is 20.8 Å². The number of hydrogen-bond acceptors (Lipinski definition) is 3. The minimum atomic E-state index is -0.274. The quantitative estimate of drug-likeness (QED) is 0.754. The van der Waals surface area contributed by atoms with Crippen LogP contribution in [-0.2, 0) is 4.79 Å². The van der Waals surface area contributed by atoms with Gasteiger partial charge in [-0.2, -0.15) is 5.10 Å². The minimum Gasteiger partial charge on any atom is -0.354 e. The Morgan fingerprint density at radius 1 is 1.33 bits per heavy atom. The van der Waals surface area contributed by atoms with Crippen molar-refractivity contribution >= 4 is 22.7 Å². The average Bonchev–Trinajstić information content (AvgIpc) is 2.91. The lowest BCUT2D eigenvalue weighted by Crippen LogP contribution is -2.35. The highest BCUT2D eigenvalue weighted by Crippen LogP contribution is 2.14. The first-order valence-electron chi connectivity index (χ1n) is 7.12. The number of aromatic amines is 1. The number of carbonyl (C=O) groups excluding carboxylic acids is 2. The fraction of sp³-hybridized carbons (Fsp3) is 0.400. The Balaban J connectivity index is 1.86. The summed E-state index contributed by atoms with van der Waals surface area (Å²) in [4.78, 5) is 23.7. The normalized spacial score (nSPS) is 12.1. The van der Waals surface area contributed by atoms with E-state index >= 15 is 0 Å². The molecule has 6 heteroatoms. The van der Waals surface area contributed by atoms with Gasteiger partial charge < -0.3 is 10.6 Å². The van der Waals surface area contributed by atoms with Crippen LogP contribution in [-0.4, -0.2) is 34.6 Å². The van der Waals surface area contributed by atoms with E-state index in [1.807, 2.05) is 38.1 Å². The van der Waals surface area contributed by atoms with E-state index < -0.39 is 0 Å². The second kappa shape index (κ2) is 6.88.